The van der Waals surface area contributed by atoms with Crippen LogP contribution < -0.4 is 10.9 Å². The van der Waals surface area contributed by atoms with Crippen molar-refractivity contribution in [3.05, 3.63) is 46.2 Å². The van der Waals surface area contributed by atoms with E-state index in [4.69, 9.17) is 11.6 Å². The van der Waals surface area contributed by atoms with Crippen molar-refractivity contribution < 1.29 is 4.79 Å². The molecule has 0 unspecified atom stereocenters. The molecule has 140 valence electrons. The third-order valence-electron chi connectivity index (χ3n) is 3.94. The Morgan fingerprint density at radius 1 is 1.46 bits per heavy atom. The second kappa shape index (κ2) is 9.78. The molecule has 0 saturated heterocycles. The fraction of sp³-hybridized carbons (Fsp3) is 0.421. The molecular formula is C19H24ClN3O2S. The van der Waals surface area contributed by atoms with Gasteiger partial charge in [0.2, 0.25) is 5.91 Å². The molecule has 1 atom stereocenters. The van der Waals surface area contributed by atoms with Gasteiger partial charge in [0, 0.05) is 18.1 Å². The van der Waals surface area contributed by atoms with Crippen molar-refractivity contribution >= 4 is 40.2 Å². The lowest BCUT2D eigenvalue weighted by molar-refractivity contribution is -0.120. The Morgan fingerprint density at radius 2 is 2.23 bits per heavy atom. The van der Waals surface area contributed by atoms with E-state index in [2.05, 4.69) is 23.8 Å². The quantitative estimate of drug-likeness (QED) is 0.302. The largest absolute Gasteiger partial charge is 0.352 e. The lowest BCUT2D eigenvalue weighted by Crippen LogP contribution is -2.32. The summed E-state index contributed by atoms with van der Waals surface area (Å²) >= 11 is 7.33. The fourth-order valence-corrected chi connectivity index (χ4v) is 3.63. The zero-order valence-corrected chi connectivity index (χ0v) is 16.7. The maximum absolute atomic E-state index is 12.9. The minimum atomic E-state index is -0.379. The van der Waals surface area contributed by atoms with Gasteiger partial charge in [0.15, 0.2) is 5.16 Å². The molecule has 0 radical (unpaired) electrons. The Morgan fingerprint density at radius 3 is 2.92 bits per heavy atom. The van der Waals surface area contributed by atoms with Gasteiger partial charge in [-0.05, 0) is 31.5 Å². The number of aromatic nitrogens is 2. The Hall–Kier alpha value is -1.79. The van der Waals surface area contributed by atoms with Gasteiger partial charge in [-0.3, -0.25) is 14.2 Å². The molecule has 1 aromatic carbocycles. The summed E-state index contributed by atoms with van der Waals surface area (Å²) < 4.78 is 1.67. The topological polar surface area (TPSA) is 64.0 Å². The first kappa shape index (κ1) is 20.5. The van der Waals surface area contributed by atoms with Crippen LogP contribution in [-0.4, -0.2) is 27.3 Å². The van der Waals surface area contributed by atoms with Gasteiger partial charge in [-0.2, -0.15) is 0 Å². The van der Waals surface area contributed by atoms with Gasteiger partial charge < -0.3 is 5.32 Å². The van der Waals surface area contributed by atoms with Crippen LogP contribution in [0.1, 0.15) is 33.1 Å². The van der Waals surface area contributed by atoms with E-state index in [1.165, 1.54) is 11.8 Å². The van der Waals surface area contributed by atoms with Crippen molar-refractivity contribution in [2.24, 2.45) is 0 Å². The number of benzene rings is 1. The Kier molecular flexibility index (Phi) is 7.72. The first-order valence-electron chi connectivity index (χ1n) is 8.73. The molecule has 1 N–H and O–H groups in total. The van der Waals surface area contributed by atoms with Crippen molar-refractivity contribution in [1.29, 1.82) is 0 Å². The third-order valence-corrected chi connectivity index (χ3v) is 5.26. The number of amides is 1. The van der Waals surface area contributed by atoms with Gasteiger partial charge in [0.25, 0.3) is 5.56 Å². The van der Waals surface area contributed by atoms with Crippen LogP contribution in [0.25, 0.3) is 10.9 Å². The average molecular weight is 394 g/mol. The van der Waals surface area contributed by atoms with Crippen LogP contribution in [0.2, 0.25) is 5.02 Å². The molecule has 0 aliphatic carbocycles. The van der Waals surface area contributed by atoms with Gasteiger partial charge in [0.1, 0.15) is 0 Å². The highest BCUT2D eigenvalue weighted by Crippen LogP contribution is 2.24. The van der Waals surface area contributed by atoms with Crippen LogP contribution >= 0.6 is 23.4 Å². The number of rotatable bonds is 9. The number of fused-ring (bicyclic) bond motifs is 1. The molecule has 0 aliphatic rings. The molecule has 2 rings (SSSR count). The number of nitrogens with one attached hydrogen (secondary N) is 1. The molecule has 0 fully saturated rings. The zero-order valence-electron chi connectivity index (χ0n) is 15.1. The van der Waals surface area contributed by atoms with E-state index in [0.717, 1.165) is 19.3 Å². The first-order valence-corrected chi connectivity index (χ1v) is 9.99. The Labute approximate surface area is 162 Å². The summed E-state index contributed by atoms with van der Waals surface area (Å²) in [6.07, 6.45) is 4.62. The maximum atomic E-state index is 12.9. The van der Waals surface area contributed by atoms with Crippen LogP contribution in [0.15, 0.2) is 40.8 Å². The highest BCUT2D eigenvalue weighted by atomic mass is 35.5. The smallest absolute Gasteiger partial charge is 0.262 e. The van der Waals surface area contributed by atoms with Crippen LogP contribution in [0.5, 0.6) is 0 Å². The first-order chi connectivity index (χ1) is 12.5. The Bertz CT molecular complexity index is 851. The summed E-state index contributed by atoms with van der Waals surface area (Å²) in [7, 11) is 0. The van der Waals surface area contributed by atoms with Gasteiger partial charge >= 0.3 is 0 Å². The van der Waals surface area contributed by atoms with Crippen molar-refractivity contribution in [3.63, 3.8) is 0 Å². The molecule has 0 aliphatic heterocycles. The van der Waals surface area contributed by atoms with E-state index in [9.17, 15) is 9.59 Å². The van der Waals surface area contributed by atoms with Crippen LogP contribution in [0, 0.1) is 0 Å². The minimum absolute atomic E-state index is 0.0935. The number of hydrogen-bond donors (Lipinski definition) is 1. The van der Waals surface area contributed by atoms with Gasteiger partial charge in [-0.15, -0.1) is 6.58 Å². The Balaban J connectivity index is 2.40. The summed E-state index contributed by atoms with van der Waals surface area (Å²) in [5, 5.41) is 4.01. The van der Waals surface area contributed by atoms with Gasteiger partial charge in [0.05, 0.1) is 16.2 Å². The van der Waals surface area contributed by atoms with E-state index in [0.29, 0.717) is 34.2 Å². The highest BCUT2D eigenvalue weighted by molar-refractivity contribution is 8.00. The standard InChI is InChI=1S/C19H24ClN3O2S/c1-4-6-7-11-23-18(25)15-9-8-14(20)12-16(15)22-19(23)26-13(3)17(24)21-10-5-2/h5,8-9,12-13H,2,4,6-7,10-11H2,1,3H3,(H,21,24)/t13-/m0/s1. The number of unbranched alkanes of at least 4 members (excludes halogenated alkanes) is 2. The predicted molar refractivity (Wildman–Crippen MR) is 109 cm³/mol. The van der Waals surface area contributed by atoms with Crippen molar-refractivity contribution in [2.75, 3.05) is 6.54 Å². The summed E-state index contributed by atoms with van der Waals surface area (Å²) in [6.45, 7) is 8.51. The lowest BCUT2D eigenvalue weighted by Gasteiger charge is -2.16. The SMILES string of the molecule is C=CCNC(=O)[C@H](C)Sc1nc2cc(Cl)ccc2c(=O)n1CCCCC. The summed E-state index contributed by atoms with van der Waals surface area (Å²) in [6, 6.07) is 5.08. The van der Waals surface area contributed by atoms with Gasteiger partial charge in [-0.1, -0.05) is 49.2 Å². The number of carbonyl (C=O) groups is 1. The monoisotopic (exact) mass is 393 g/mol. The maximum Gasteiger partial charge on any atom is 0.262 e. The normalized spacial score (nSPS) is 12.1. The van der Waals surface area contributed by atoms with E-state index in [1.54, 1.807) is 35.8 Å². The zero-order chi connectivity index (χ0) is 19.1. The second-order valence-electron chi connectivity index (χ2n) is 6.01. The van der Waals surface area contributed by atoms with Gasteiger partial charge in [-0.25, -0.2) is 4.98 Å². The molecule has 26 heavy (non-hydrogen) atoms. The van der Waals surface area contributed by atoms with E-state index in [-0.39, 0.29) is 16.7 Å². The molecule has 0 bridgehead atoms. The molecular weight excluding hydrogens is 370 g/mol. The number of carbonyl (C=O) groups excluding carboxylic acids is 1. The number of nitrogens with zero attached hydrogens (tertiary/aromatic N) is 2. The van der Waals surface area contributed by atoms with E-state index in [1.807, 2.05) is 0 Å². The molecule has 7 heteroatoms. The van der Waals surface area contributed by atoms with Crippen molar-refractivity contribution in [2.45, 2.75) is 50.1 Å². The molecule has 1 aromatic heterocycles. The molecule has 1 amide bonds. The predicted octanol–water partition coefficient (Wildman–Crippen LogP) is 4.02. The van der Waals surface area contributed by atoms with E-state index >= 15 is 0 Å². The number of hydrogen-bond acceptors (Lipinski definition) is 4. The molecule has 5 nitrogen and oxygen atoms in total. The number of thioether (sulfide) groups is 1. The average Bonchev–Trinajstić information content (AvgIpc) is 2.61. The van der Waals surface area contributed by atoms with Crippen molar-refractivity contribution in [1.82, 2.24) is 14.9 Å². The molecule has 0 saturated carbocycles. The highest BCUT2D eigenvalue weighted by Gasteiger charge is 2.19. The third kappa shape index (κ3) is 5.11. The van der Waals surface area contributed by atoms with Crippen molar-refractivity contribution in [3.8, 4) is 0 Å². The molecule has 0 spiro atoms. The second-order valence-corrected chi connectivity index (χ2v) is 7.76. The van der Waals surface area contributed by atoms with Crippen LogP contribution in [-0.2, 0) is 11.3 Å². The lowest BCUT2D eigenvalue weighted by atomic mass is 10.2. The molecule has 2 aromatic rings. The van der Waals surface area contributed by atoms with Crippen LogP contribution in [0.3, 0.4) is 0 Å². The molecule has 1 heterocycles. The minimum Gasteiger partial charge on any atom is -0.352 e. The summed E-state index contributed by atoms with van der Waals surface area (Å²) in [5.41, 5.74) is 0.458. The van der Waals surface area contributed by atoms with Crippen LogP contribution in [0.4, 0.5) is 0 Å². The summed E-state index contributed by atoms with van der Waals surface area (Å²) in [5.74, 6) is -0.115. The number of halogens is 1. The van der Waals surface area contributed by atoms with E-state index < -0.39 is 0 Å². The summed E-state index contributed by atoms with van der Waals surface area (Å²) in [4.78, 5) is 29.7. The fourth-order valence-electron chi connectivity index (χ4n) is 2.51.